The molecule has 0 N–H and O–H groups in total. The molecule has 0 aliphatic heterocycles. The minimum atomic E-state index is 0.800. The zero-order valence-electron chi connectivity index (χ0n) is 15.5. The van der Waals surface area contributed by atoms with Crippen molar-refractivity contribution in [2.75, 3.05) is 6.61 Å². The lowest BCUT2D eigenvalue weighted by Crippen LogP contribution is -1.96. The van der Waals surface area contributed by atoms with Crippen LogP contribution in [0.25, 0.3) is 42.4 Å². The van der Waals surface area contributed by atoms with Crippen molar-refractivity contribution in [3.8, 4) is 5.75 Å². The maximum absolute atomic E-state index is 5.94. The predicted octanol–water partition coefficient (Wildman–Crippen LogP) is 7.93. The van der Waals surface area contributed by atoms with Crippen LogP contribution in [0, 0.1) is 0 Å². The SMILES string of the molecule is CCCCCOc1ccc2cc3c(ccc4c5ccsc5ccc34)cc2c1. The number of ether oxygens (including phenoxy) is 1. The van der Waals surface area contributed by atoms with E-state index in [9.17, 15) is 0 Å². The molecule has 5 aromatic rings. The molecular weight excluding hydrogens is 348 g/mol. The lowest BCUT2D eigenvalue weighted by Gasteiger charge is -2.10. The summed E-state index contributed by atoms with van der Waals surface area (Å²) in [5.74, 6) is 0.971. The van der Waals surface area contributed by atoms with E-state index in [2.05, 4.69) is 73.0 Å². The normalized spacial score (nSPS) is 11.7. The van der Waals surface area contributed by atoms with Crippen LogP contribution >= 0.6 is 11.3 Å². The first kappa shape index (κ1) is 16.6. The van der Waals surface area contributed by atoms with Gasteiger partial charge in [0, 0.05) is 10.1 Å². The van der Waals surface area contributed by atoms with Crippen molar-refractivity contribution in [1.82, 2.24) is 0 Å². The van der Waals surface area contributed by atoms with Crippen LogP contribution in [0.4, 0.5) is 0 Å². The summed E-state index contributed by atoms with van der Waals surface area (Å²) < 4.78 is 7.29. The second kappa shape index (κ2) is 6.86. The summed E-state index contributed by atoms with van der Waals surface area (Å²) >= 11 is 1.81. The zero-order valence-corrected chi connectivity index (χ0v) is 16.3. The number of unbranched alkanes of at least 4 members (excludes halogenated alkanes) is 2. The average molecular weight is 371 g/mol. The van der Waals surface area contributed by atoms with Crippen molar-refractivity contribution in [3.63, 3.8) is 0 Å². The van der Waals surface area contributed by atoms with Gasteiger partial charge in [-0.15, -0.1) is 11.3 Å². The maximum atomic E-state index is 5.94. The Hall–Kier alpha value is -2.58. The molecule has 0 atom stereocenters. The molecule has 0 aliphatic carbocycles. The monoisotopic (exact) mass is 370 g/mol. The molecule has 0 spiro atoms. The van der Waals surface area contributed by atoms with E-state index in [1.807, 2.05) is 11.3 Å². The Morgan fingerprint density at radius 2 is 1.56 bits per heavy atom. The van der Waals surface area contributed by atoms with Gasteiger partial charge in [0.05, 0.1) is 6.61 Å². The Bertz CT molecular complexity index is 1270. The molecule has 0 unspecified atom stereocenters. The number of fused-ring (bicyclic) bond motifs is 6. The van der Waals surface area contributed by atoms with Gasteiger partial charge in [0.25, 0.3) is 0 Å². The van der Waals surface area contributed by atoms with Gasteiger partial charge in [0.2, 0.25) is 0 Å². The topological polar surface area (TPSA) is 9.23 Å². The van der Waals surface area contributed by atoms with Gasteiger partial charge in [-0.3, -0.25) is 0 Å². The first-order valence-corrected chi connectivity index (χ1v) is 10.6. The Morgan fingerprint density at radius 1 is 0.704 bits per heavy atom. The van der Waals surface area contributed by atoms with Crippen LogP contribution in [0.3, 0.4) is 0 Å². The van der Waals surface area contributed by atoms with Crippen LogP contribution in [-0.2, 0) is 0 Å². The molecule has 0 bridgehead atoms. The summed E-state index contributed by atoms with van der Waals surface area (Å²) in [5.41, 5.74) is 0. The summed E-state index contributed by atoms with van der Waals surface area (Å²) in [6, 6.07) is 22.4. The molecule has 1 nitrogen and oxygen atoms in total. The van der Waals surface area contributed by atoms with Crippen molar-refractivity contribution in [1.29, 1.82) is 0 Å². The molecule has 0 amide bonds. The number of thiophene rings is 1. The van der Waals surface area contributed by atoms with Gasteiger partial charge in [-0.05, 0) is 80.5 Å². The van der Waals surface area contributed by atoms with E-state index in [1.165, 1.54) is 55.2 Å². The van der Waals surface area contributed by atoms with Crippen LogP contribution in [0.5, 0.6) is 5.75 Å². The molecular formula is C25H22OS. The van der Waals surface area contributed by atoms with Crippen LogP contribution < -0.4 is 4.74 Å². The van der Waals surface area contributed by atoms with Gasteiger partial charge < -0.3 is 4.74 Å². The summed E-state index contributed by atoms with van der Waals surface area (Å²) in [4.78, 5) is 0. The van der Waals surface area contributed by atoms with E-state index >= 15 is 0 Å². The third kappa shape index (κ3) is 2.94. The number of benzene rings is 4. The van der Waals surface area contributed by atoms with Crippen LogP contribution in [0.1, 0.15) is 26.2 Å². The lowest BCUT2D eigenvalue weighted by molar-refractivity contribution is 0.306. The Kier molecular flexibility index (Phi) is 4.21. The first-order valence-electron chi connectivity index (χ1n) is 9.73. The maximum Gasteiger partial charge on any atom is 0.119 e. The molecule has 4 aromatic carbocycles. The largest absolute Gasteiger partial charge is 0.494 e. The average Bonchev–Trinajstić information content (AvgIpc) is 3.18. The molecule has 5 rings (SSSR count). The van der Waals surface area contributed by atoms with Crippen molar-refractivity contribution in [2.24, 2.45) is 0 Å². The van der Waals surface area contributed by atoms with Crippen LogP contribution in [0.15, 0.2) is 66.0 Å². The molecule has 0 fully saturated rings. The Morgan fingerprint density at radius 3 is 2.48 bits per heavy atom. The highest BCUT2D eigenvalue weighted by Crippen LogP contribution is 2.35. The molecule has 134 valence electrons. The Labute approximate surface area is 163 Å². The highest BCUT2D eigenvalue weighted by Gasteiger charge is 2.07. The third-order valence-electron chi connectivity index (χ3n) is 5.39. The van der Waals surface area contributed by atoms with E-state index in [-0.39, 0.29) is 0 Å². The number of hydrogen-bond donors (Lipinski definition) is 0. The molecule has 0 radical (unpaired) electrons. The van der Waals surface area contributed by atoms with Gasteiger partial charge in [-0.25, -0.2) is 0 Å². The molecule has 0 saturated carbocycles. The van der Waals surface area contributed by atoms with Gasteiger partial charge >= 0.3 is 0 Å². The molecule has 0 aliphatic rings. The summed E-state index contributed by atoms with van der Waals surface area (Å²) in [5, 5.41) is 11.3. The summed E-state index contributed by atoms with van der Waals surface area (Å²) in [6.07, 6.45) is 3.57. The molecule has 1 aromatic heterocycles. The van der Waals surface area contributed by atoms with E-state index in [1.54, 1.807) is 0 Å². The molecule has 27 heavy (non-hydrogen) atoms. The quantitative estimate of drug-likeness (QED) is 0.173. The standard InChI is InChI=1S/C25H22OS/c1-2-3-4-12-26-20-7-5-17-16-24-18(14-19(17)15-20)6-8-21-22(24)9-10-25-23(21)11-13-27-25/h5-11,13-16H,2-4,12H2,1H3. The zero-order chi connectivity index (χ0) is 18.2. The molecule has 0 saturated heterocycles. The van der Waals surface area contributed by atoms with Gasteiger partial charge in [0.1, 0.15) is 5.75 Å². The van der Waals surface area contributed by atoms with Crippen molar-refractivity contribution >= 4 is 53.7 Å². The van der Waals surface area contributed by atoms with Gasteiger partial charge in [-0.1, -0.05) is 44.0 Å². The van der Waals surface area contributed by atoms with E-state index in [4.69, 9.17) is 4.74 Å². The smallest absolute Gasteiger partial charge is 0.119 e. The number of rotatable bonds is 5. The van der Waals surface area contributed by atoms with Crippen molar-refractivity contribution in [3.05, 3.63) is 66.0 Å². The highest BCUT2D eigenvalue weighted by molar-refractivity contribution is 7.17. The Balaban J connectivity index is 1.61. The van der Waals surface area contributed by atoms with E-state index in [0.717, 1.165) is 18.8 Å². The second-order valence-electron chi connectivity index (χ2n) is 7.20. The van der Waals surface area contributed by atoms with Crippen LogP contribution in [-0.4, -0.2) is 6.61 Å². The fourth-order valence-electron chi connectivity index (χ4n) is 3.95. The lowest BCUT2D eigenvalue weighted by atomic mass is 9.97. The fraction of sp³-hybridized carbons (Fsp3) is 0.200. The van der Waals surface area contributed by atoms with Gasteiger partial charge in [0.15, 0.2) is 0 Å². The van der Waals surface area contributed by atoms with Gasteiger partial charge in [-0.2, -0.15) is 0 Å². The van der Waals surface area contributed by atoms with E-state index in [0.29, 0.717) is 0 Å². The first-order chi connectivity index (χ1) is 13.3. The third-order valence-corrected chi connectivity index (χ3v) is 6.28. The van der Waals surface area contributed by atoms with Crippen molar-refractivity contribution in [2.45, 2.75) is 26.2 Å². The van der Waals surface area contributed by atoms with E-state index < -0.39 is 0 Å². The van der Waals surface area contributed by atoms with Crippen LogP contribution in [0.2, 0.25) is 0 Å². The van der Waals surface area contributed by atoms with Crippen molar-refractivity contribution < 1.29 is 4.74 Å². The number of hydrogen-bond acceptors (Lipinski definition) is 2. The summed E-state index contributed by atoms with van der Waals surface area (Å²) in [6.45, 7) is 3.02. The minimum absolute atomic E-state index is 0.800. The predicted molar refractivity (Wildman–Crippen MR) is 119 cm³/mol. The molecule has 2 heteroatoms. The molecule has 1 heterocycles. The minimum Gasteiger partial charge on any atom is -0.494 e. The summed E-state index contributed by atoms with van der Waals surface area (Å²) in [7, 11) is 0. The highest BCUT2D eigenvalue weighted by atomic mass is 32.1. The fourth-order valence-corrected chi connectivity index (χ4v) is 4.75. The second-order valence-corrected chi connectivity index (χ2v) is 8.14.